The number of piperazine rings is 1. The molecule has 1 N–H and O–H groups in total. The van der Waals surface area contributed by atoms with Gasteiger partial charge < -0.3 is 28.9 Å². The van der Waals surface area contributed by atoms with E-state index in [0.717, 1.165) is 48.2 Å². The van der Waals surface area contributed by atoms with E-state index >= 15 is 0 Å². The highest BCUT2D eigenvalue weighted by atomic mass is 32.2. The van der Waals surface area contributed by atoms with E-state index in [1.807, 2.05) is 41.1 Å². The first kappa shape index (κ1) is 29.2. The monoisotopic (exact) mass is 598 g/mol. The van der Waals surface area contributed by atoms with Crippen molar-refractivity contribution in [3.05, 3.63) is 65.7 Å². The fourth-order valence-corrected chi connectivity index (χ4v) is 7.91. The molecule has 2 aromatic carbocycles. The molecule has 1 atom stereocenters. The molecule has 0 radical (unpaired) electrons. The second kappa shape index (κ2) is 12.3. The van der Waals surface area contributed by atoms with Gasteiger partial charge in [0, 0.05) is 62.4 Å². The summed E-state index contributed by atoms with van der Waals surface area (Å²) in [6.45, 7) is 4.16. The van der Waals surface area contributed by atoms with E-state index in [0.29, 0.717) is 35.1 Å². The number of hydrogen-bond acceptors (Lipinski definition) is 8. The van der Waals surface area contributed by atoms with E-state index in [9.17, 15) is 13.5 Å². The molecule has 0 saturated carbocycles. The molecule has 11 heteroatoms. The van der Waals surface area contributed by atoms with Crippen LogP contribution in [0, 0.1) is 0 Å². The molecular formula is C30H38N4O5S2. The lowest BCUT2D eigenvalue weighted by Crippen LogP contribution is -2.44. The van der Waals surface area contributed by atoms with Crippen LogP contribution in [0.3, 0.4) is 0 Å². The van der Waals surface area contributed by atoms with Crippen LogP contribution in [0.5, 0.6) is 17.4 Å². The highest BCUT2D eigenvalue weighted by Crippen LogP contribution is 2.41. The summed E-state index contributed by atoms with van der Waals surface area (Å²) in [5.41, 5.74) is 2.04. The van der Waals surface area contributed by atoms with Crippen molar-refractivity contribution in [3.8, 4) is 17.4 Å². The number of hydrogen-bond donors (Lipinski definition) is 1. The average Bonchev–Trinajstić information content (AvgIpc) is 3.65. The van der Waals surface area contributed by atoms with Crippen LogP contribution in [0.25, 0.3) is 10.8 Å². The summed E-state index contributed by atoms with van der Waals surface area (Å²) in [5, 5.41) is 15.1. The Morgan fingerprint density at radius 3 is 2.44 bits per heavy atom. The first-order valence-corrected chi connectivity index (χ1v) is 16.0. The van der Waals surface area contributed by atoms with Gasteiger partial charge in [0.1, 0.15) is 4.21 Å². The molecule has 1 saturated heterocycles. The Hall–Kier alpha value is -3.25. The van der Waals surface area contributed by atoms with Gasteiger partial charge in [-0.3, -0.25) is 0 Å². The zero-order valence-electron chi connectivity index (χ0n) is 24.0. The van der Waals surface area contributed by atoms with Crippen LogP contribution in [0.1, 0.15) is 24.4 Å². The number of thiophene rings is 1. The molecule has 0 unspecified atom stereocenters. The Morgan fingerprint density at radius 1 is 1.00 bits per heavy atom. The molecule has 5 rings (SSSR count). The maximum atomic E-state index is 13.0. The number of ether oxygens (including phenoxy) is 2. The minimum atomic E-state index is -3.54. The van der Waals surface area contributed by atoms with Gasteiger partial charge >= 0.3 is 0 Å². The summed E-state index contributed by atoms with van der Waals surface area (Å²) < 4.78 is 40.7. The van der Waals surface area contributed by atoms with Gasteiger partial charge in [0.2, 0.25) is 0 Å². The standard InChI is InChI=1S/C30H38N4O5S2/c1-31-15-17-33(18-16-31)26-9-5-8-23-24(26)21-34(30(23)35)25(22-12-13-27(38-3)28(20-22)39-4)10-6-14-32(2)41(36,37)29-11-7-19-40-29/h5,7-9,11-13,19-21,25,35H,6,10,14-18H2,1-4H3/t25-/m1/s1. The van der Waals surface area contributed by atoms with Gasteiger partial charge in [0.05, 0.1) is 20.3 Å². The molecule has 1 aliphatic heterocycles. The molecule has 9 nitrogen and oxygen atoms in total. The Morgan fingerprint density at radius 2 is 1.76 bits per heavy atom. The van der Waals surface area contributed by atoms with Gasteiger partial charge in [-0.1, -0.05) is 18.2 Å². The predicted molar refractivity (Wildman–Crippen MR) is 164 cm³/mol. The molecule has 3 heterocycles. The second-order valence-corrected chi connectivity index (χ2v) is 13.6. The third kappa shape index (κ3) is 5.90. The lowest BCUT2D eigenvalue weighted by Gasteiger charge is -2.34. The molecule has 220 valence electrons. The van der Waals surface area contributed by atoms with Crippen LogP contribution in [-0.4, -0.2) is 88.3 Å². The van der Waals surface area contributed by atoms with E-state index in [4.69, 9.17) is 9.47 Å². The van der Waals surface area contributed by atoms with Crippen molar-refractivity contribution in [2.24, 2.45) is 0 Å². The van der Waals surface area contributed by atoms with Crippen molar-refractivity contribution in [1.82, 2.24) is 13.8 Å². The summed E-state index contributed by atoms with van der Waals surface area (Å²) >= 11 is 1.22. The number of rotatable bonds is 11. The summed E-state index contributed by atoms with van der Waals surface area (Å²) in [6, 6.07) is 14.9. The number of likely N-dealkylation sites (N-methyl/N-ethyl adjacent to an activating group) is 1. The van der Waals surface area contributed by atoms with Gasteiger partial charge in [-0.25, -0.2) is 12.7 Å². The molecule has 41 heavy (non-hydrogen) atoms. The average molecular weight is 599 g/mol. The van der Waals surface area contributed by atoms with Crippen molar-refractivity contribution in [3.63, 3.8) is 0 Å². The Balaban J connectivity index is 1.49. The summed E-state index contributed by atoms with van der Waals surface area (Å²) in [5.74, 6) is 1.41. The molecule has 4 aromatic rings. The minimum Gasteiger partial charge on any atom is -0.494 e. The molecular weight excluding hydrogens is 560 g/mol. The number of aromatic nitrogens is 1. The van der Waals surface area contributed by atoms with E-state index in [1.54, 1.807) is 38.8 Å². The van der Waals surface area contributed by atoms with Gasteiger partial charge in [0.25, 0.3) is 10.0 Å². The number of anilines is 1. The number of benzene rings is 2. The zero-order chi connectivity index (χ0) is 29.1. The van der Waals surface area contributed by atoms with Gasteiger partial charge in [0.15, 0.2) is 17.4 Å². The van der Waals surface area contributed by atoms with Crippen molar-refractivity contribution in [2.75, 3.05) is 65.9 Å². The van der Waals surface area contributed by atoms with Crippen LogP contribution < -0.4 is 14.4 Å². The lowest BCUT2D eigenvalue weighted by atomic mass is 10.0. The third-order valence-electron chi connectivity index (χ3n) is 7.92. The van der Waals surface area contributed by atoms with Crippen LogP contribution in [0.2, 0.25) is 0 Å². The molecule has 0 aliphatic carbocycles. The maximum Gasteiger partial charge on any atom is 0.252 e. The fourth-order valence-electron chi connectivity index (χ4n) is 5.50. The third-order valence-corrected chi connectivity index (χ3v) is 11.1. The maximum absolute atomic E-state index is 13.0. The van der Waals surface area contributed by atoms with E-state index in [1.165, 1.54) is 15.6 Å². The molecule has 0 spiro atoms. The molecule has 1 fully saturated rings. The number of fused-ring (bicyclic) bond motifs is 1. The lowest BCUT2D eigenvalue weighted by molar-refractivity contribution is 0.313. The van der Waals surface area contributed by atoms with Crippen LogP contribution in [0.15, 0.2) is 64.3 Å². The highest BCUT2D eigenvalue weighted by molar-refractivity contribution is 7.91. The molecule has 0 bridgehead atoms. The van der Waals surface area contributed by atoms with Crippen LogP contribution in [-0.2, 0) is 10.0 Å². The SMILES string of the molecule is COc1ccc([C@@H](CCCN(C)S(=O)(=O)c2cccs2)n2cc3c(N4CCN(C)CC4)cccc3c2O)cc1OC. The van der Waals surface area contributed by atoms with Gasteiger partial charge in [-0.2, -0.15) is 0 Å². The largest absolute Gasteiger partial charge is 0.494 e. The fraction of sp³-hybridized carbons (Fsp3) is 0.400. The van der Waals surface area contributed by atoms with Crippen molar-refractivity contribution >= 4 is 37.8 Å². The Kier molecular flexibility index (Phi) is 8.79. The smallest absolute Gasteiger partial charge is 0.252 e. The van der Waals surface area contributed by atoms with Crippen molar-refractivity contribution in [1.29, 1.82) is 0 Å². The highest BCUT2D eigenvalue weighted by Gasteiger charge is 2.26. The first-order valence-electron chi connectivity index (χ1n) is 13.7. The van der Waals surface area contributed by atoms with E-state index in [-0.39, 0.29) is 11.9 Å². The Bertz CT molecular complexity index is 1580. The van der Waals surface area contributed by atoms with Gasteiger partial charge in [-0.15, -0.1) is 11.3 Å². The zero-order valence-corrected chi connectivity index (χ0v) is 25.6. The predicted octanol–water partition coefficient (Wildman–Crippen LogP) is 4.87. The van der Waals surface area contributed by atoms with Crippen LogP contribution in [0.4, 0.5) is 5.69 Å². The number of methoxy groups -OCH3 is 2. The molecule has 1 aliphatic rings. The summed E-state index contributed by atoms with van der Waals surface area (Å²) in [4.78, 5) is 4.70. The quantitative estimate of drug-likeness (QED) is 0.264. The van der Waals surface area contributed by atoms with Crippen molar-refractivity contribution in [2.45, 2.75) is 23.1 Å². The van der Waals surface area contributed by atoms with Crippen molar-refractivity contribution < 1.29 is 23.0 Å². The molecule has 2 aromatic heterocycles. The second-order valence-electron chi connectivity index (χ2n) is 10.4. The Labute approximate surface area is 246 Å². The summed E-state index contributed by atoms with van der Waals surface area (Å²) in [6.07, 6.45) is 3.21. The summed E-state index contributed by atoms with van der Waals surface area (Å²) in [7, 11) is 3.41. The number of nitrogens with zero attached hydrogens (tertiary/aromatic N) is 4. The van der Waals surface area contributed by atoms with E-state index in [2.05, 4.69) is 22.9 Å². The normalized spacial score (nSPS) is 15.5. The molecule has 0 amide bonds. The first-order chi connectivity index (χ1) is 19.7. The minimum absolute atomic E-state index is 0.190. The van der Waals surface area contributed by atoms with E-state index < -0.39 is 10.0 Å². The topological polar surface area (TPSA) is 87.5 Å². The van der Waals surface area contributed by atoms with Gasteiger partial charge in [-0.05, 0) is 61.2 Å². The van der Waals surface area contributed by atoms with Crippen LogP contribution >= 0.6 is 11.3 Å². The number of aromatic hydroxyl groups is 1. The number of sulfonamides is 1.